The number of para-hydroxylation sites is 1. The molecule has 0 saturated heterocycles. The molecule has 1 heterocycles. The Balaban J connectivity index is 2.13. The van der Waals surface area contributed by atoms with Crippen molar-refractivity contribution in [2.24, 2.45) is 0 Å². The molecule has 0 radical (unpaired) electrons. The first-order valence-corrected chi connectivity index (χ1v) is 6.63. The molecule has 0 saturated carbocycles. The maximum Gasteiger partial charge on any atom is 0.198 e. The van der Waals surface area contributed by atoms with Crippen molar-refractivity contribution < 1.29 is 4.42 Å². The summed E-state index contributed by atoms with van der Waals surface area (Å²) < 4.78 is 5.61. The minimum atomic E-state index is 0.499. The van der Waals surface area contributed by atoms with E-state index in [0.717, 1.165) is 29.4 Å². The average molecular weight is 251 g/mol. The molecule has 96 valence electrons. The van der Waals surface area contributed by atoms with E-state index >= 15 is 0 Å². The number of allylic oxidation sites excluding steroid dienone is 5. The largest absolute Gasteiger partial charge is 0.440 e. The van der Waals surface area contributed by atoms with Crippen LogP contribution in [0, 0.1) is 0 Å². The number of nitrogen functional groups attached to an aromatic ring is 1. The van der Waals surface area contributed by atoms with Crippen LogP contribution in [0.5, 0.6) is 0 Å². The fourth-order valence-corrected chi connectivity index (χ4v) is 2.52. The van der Waals surface area contributed by atoms with Gasteiger partial charge in [-0.3, -0.25) is 0 Å². The van der Waals surface area contributed by atoms with Gasteiger partial charge in [-0.25, -0.2) is 0 Å². The molecule has 0 fully saturated rings. The van der Waals surface area contributed by atoms with Gasteiger partial charge in [0.15, 0.2) is 5.88 Å². The van der Waals surface area contributed by atoms with Crippen molar-refractivity contribution in [1.29, 1.82) is 0 Å². The smallest absolute Gasteiger partial charge is 0.198 e. The summed E-state index contributed by atoms with van der Waals surface area (Å²) in [6.07, 6.45) is 10.6. The molecule has 1 aromatic heterocycles. The molecule has 0 unspecified atom stereocenters. The van der Waals surface area contributed by atoms with E-state index in [1.54, 1.807) is 0 Å². The summed E-state index contributed by atoms with van der Waals surface area (Å²) in [6, 6.07) is 7.97. The summed E-state index contributed by atoms with van der Waals surface area (Å²) in [5.41, 5.74) is 10.5. The monoisotopic (exact) mass is 251 g/mol. The third kappa shape index (κ3) is 2.10. The molecule has 0 aliphatic heterocycles. The van der Waals surface area contributed by atoms with Gasteiger partial charge in [0.2, 0.25) is 0 Å². The van der Waals surface area contributed by atoms with Crippen LogP contribution in [-0.2, 0) is 0 Å². The van der Waals surface area contributed by atoms with Crippen molar-refractivity contribution in [3.05, 3.63) is 59.2 Å². The van der Waals surface area contributed by atoms with Crippen molar-refractivity contribution in [1.82, 2.24) is 0 Å². The number of fused-ring (bicyclic) bond motifs is 1. The lowest BCUT2D eigenvalue weighted by Crippen LogP contribution is -1.93. The van der Waals surface area contributed by atoms with Gasteiger partial charge >= 0.3 is 0 Å². The highest BCUT2D eigenvalue weighted by Crippen LogP contribution is 2.32. The molecule has 3 rings (SSSR count). The van der Waals surface area contributed by atoms with Crippen molar-refractivity contribution >= 4 is 22.9 Å². The molecule has 0 bridgehead atoms. The van der Waals surface area contributed by atoms with E-state index in [9.17, 15) is 0 Å². The number of hydrogen-bond acceptors (Lipinski definition) is 2. The van der Waals surface area contributed by atoms with Gasteiger partial charge in [-0.15, -0.1) is 0 Å². The Morgan fingerprint density at radius 1 is 1.32 bits per heavy atom. The Labute approximate surface area is 112 Å². The van der Waals surface area contributed by atoms with E-state index in [1.807, 2.05) is 18.2 Å². The maximum atomic E-state index is 6.01. The molecule has 2 nitrogen and oxygen atoms in total. The molecule has 1 aliphatic carbocycles. The summed E-state index contributed by atoms with van der Waals surface area (Å²) in [6.45, 7) is 2.18. The van der Waals surface area contributed by atoms with E-state index < -0.39 is 0 Å². The van der Waals surface area contributed by atoms with Gasteiger partial charge in [0, 0.05) is 10.9 Å². The summed E-state index contributed by atoms with van der Waals surface area (Å²) in [7, 11) is 0. The van der Waals surface area contributed by atoms with E-state index in [2.05, 4.69) is 37.3 Å². The minimum Gasteiger partial charge on any atom is -0.440 e. The molecule has 2 N–H and O–H groups in total. The Morgan fingerprint density at radius 2 is 2.16 bits per heavy atom. The molecule has 0 amide bonds. The molecule has 2 heteroatoms. The Kier molecular flexibility index (Phi) is 3.00. The van der Waals surface area contributed by atoms with Gasteiger partial charge in [-0.05, 0) is 36.1 Å². The zero-order valence-electron chi connectivity index (χ0n) is 11.0. The SMILES string of the molecule is CCC1=CC=CC/C1=C\c1c(N)oc2ccccc12. The molecule has 2 aromatic rings. The van der Waals surface area contributed by atoms with E-state index in [1.165, 1.54) is 11.1 Å². The number of anilines is 1. The normalized spacial score (nSPS) is 17.1. The molecule has 0 spiro atoms. The number of furan rings is 1. The van der Waals surface area contributed by atoms with E-state index in [-0.39, 0.29) is 0 Å². The number of benzene rings is 1. The Bertz CT molecular complexity index is 701. The molecule has 0 atom stereocenters. The third-order valence-electron chi connectivity index (χ3n) is 3.55. The summed E-state index contributed by atoms with van der Waals surface area (Å²) in [5, 5.41) is 1.08. The lowest BCUT2D eigenvalue weighted by Gasteiger charge is -2.11. The first-order chi connectivity index (χ1) is 9.29. The van der Waals surface area contributed by atoms with Crippen LogP contribution in [0.3, 0.4) is 0 Å². The van der Waals surface area contributed by atoms with Crippen LogP contribution in [-0.4, -0.2) is 0 Å². The number of hydrogen-bond donors (Lipinski definition) is 1. The molecule has 1 aromatic carbocycles. The van der Waals surface area contributed by atoms with Crippen LogP contribution in [0.25, 0.3) is 17.0 Å². The van der Waals surface area contributed by atoms with Gasteiger partial charge in [0.25, 0.3) is 0 Å². The average Bonchev–Trinajstić information content (AvgIpc) is 2.76. The van der Waals surface area contributed by atoms with Crippen LogP contribution in [0.2, 0.25) is 0 Å². The topological polar surface area (TPSA) is 39.2 Å². The summed E-state index contributed by atoms with van der Waals surface area (Å²) in [4.78, 5) is 0. The summed E-state index contributed by atoms with van der Waals surface area (Å²) in [5.74, 6) is 0.499. The lowest BCUT2D eigenvalue weighted by atomic mass is 9.94. The second-order valence-electron chi connectivity index (χ2n) is 4.72. The Morgan fingerprint density at radius 3 is 3.00 bits per heavy atom. The van der Waals surface area contributed by atoms with E-state index in [4.69, 9.17) is 10.2 Å². The standard InChI is InChI=1S/C17H17NO/c1-2-12-7-3-4-8-13(12)11-15-14-9-5-6-10-16(14)19-17(15)18/h3-7,9-11H,2,8,18H2,1H3/b13-11+. The first-order valence-electron chi connectivity index (χ1n) is 6.63. The second-order valence-corrected chi connectivity index (χ2v) is 4.72. The Hall–Kier alpha value is -2.22. The predicted molar refractivity (Wildman–Crippen MR) is 80.7 cm³/mol. The van der Waals surface area contributed by atoms with Gasteiger partial charge < -0.3 is 10.2 Å². The van der Waals surface area contributed by atoms with Gasteiger partial charge in [0.1, 0.15) is 5.58 Å². The highest BCUT2D eigenvalue weighted by atomic mass is 16.3. The van der Waals surface area contributed by atoms with Gasteiger partial charge in [0.05, 0.1) is 0 Å². The highest BCUT2D eigenvalue weighted by molar-refractivity contribution is 5.93. The highest BCUT2D eigenvalue weighted by Gasteiger charge is 2.12. The number of nitrogens with two attached hydrogens (primary N) is 1. The van der Waals surface area contributed by atoms with Crippen LogP contribution >= 0.6 is 0 Å². The molecular weight excluding hydrogens is 234 g/mol. The van der Waals surface area contributed by atoms with Crippen molar-refractivity contribution in [2.45, 2.75) is 19.8 Å². The molecular formula is C17H17NO. The van der Waals surface area contributed by atoms with Crippen molar-refractivity contribution in [3.8, 4) is 0 Å². The predicted octanol–water partition coefficient (Wildman–Crippen LogP) is 4.69. The quantitative estimate of drug-likeness (QED) is 0.840. The van der Waals surface area contributed by atoms with Crippen LogP contribution < -0.4 is 5.73 Å². The fraction of sp³-hybridized carbons (Fsp3) is 0.176. The van der Waals surface area contributed by atoms with Crippen LogP contribution in [0.15, 0.2) is 58.1 Å². The summed E-state index contributed by atoms with van der Waals surface area (Å²) >= 11 is 0. The first kappa shape index (κ1) is 11.8. The zero-order chi connectivity index (χ0) is 13.2. The van der Waals surface area contributed by atoms with Crippen LogP contribution in [0.4, 0.5) is 5.88 Å². The molecule has 1 aliphatic rings. The fourth-order valence-electron chi connectivity index (χ4n) is 2.52. The van der Waals surface area contributed by atoms with Gasteiger partial charge in [-0.1, -0.05) is 43.4 Å². The maximum absolute atomic E-state index is 6.01. The minimum absolute atomic E-state index is 0.499. The second kappa shape index (κ2) is 4.81. The number of rotatable bonds is 2. The lowest BCUT2D eigenvalue weighted by molar-refractivity contribution is 0.636. The van der Waals surface area contributed by atoms with Crippen molar-refractivity contribution in [3.63, 3.8) is 0 Å². The van der Waals surface area contributed by atoms with Crippen LogP contribution in [0.1, 0.15) is 25.3 Å². The third-order valence-corrected chi connectivity index (χ3v) is 3.55. The van der Waals surface area contributed by atoms with Gasteiger partial charge in [-0.2, -0.15) is 0 Å². The zero-order valence-corrected chi connectivity index (χ0v) is 11.0. The molecule has 19 heavy (non-hydrogen) atoms. The van der Waals surface area contributed by atoms with E-state index in [0.29, 0.717) is 5.88 Å². The van der Waals surface area contributed by atoms with Crippen molar-refractivity contribution in [2.75, 3.05) is 5.73 Å².